The van der Waals surface area contributed by atoms with E-state index in [9.17, 15) is 18.7 Å². The monoisotopic (exact) mass is 264 g/mol. The standard InChI is InChI=1S/C9H7BrF2O2/c1-4(13)5-2-3-6(9(11)12)7(10)8(5)14/h2-3,9,14H,1H3. The lowest BCUT2D eigenvalue weighted by molar-refractivity contribution is 0.101. The smallest absolute Gasteiger partial charge is 0.265 e. The van der Waals surface area contributed by atoms with Gasteiger partial charge < -0.3 is 5.11 Å². The molecule has 1 aromatic rings. The predicted molar refractivity (Wildman–Crippen MR) is 50.8 cm³/mol. The van der Waals surface area contributed by atoms with Crippen molar-refractivity contribution >= 4 is 21.7 Å². The van der Waals surface area contributed by atoms with Gasteiger partial charge in [0, 0.05) is 5.56 Å². The number of phenolic OH excluding ortho intramolecular Hbond substituents is 1. The summed E-state index contributed by atoms with van der Waals surface area (Å²) in [5.41, 5.74) is -0.297. The summed E-state index contributed by atoms with van der Waals surface area (Å²) in [6.45, 7) is 1.25. The van der Waals surface area contributed by atoms with Crippen molar-refractivity contribution in [1.82, 2.24) is 0 Å². The van der Waals surface area contributed by atoms with E-state index < -0.39 is 12.2 Å². The Morgan fingerprint density at radius 1 is 1.50 bits per heavy atom. The van der Waals surface area contributed by atoms with Gasteiger partial charge in [-0.2, -0.15) is 0 Å². The van der Waals surface area contributed by atoms with Gasteiger partial charge in [-0.1, -0.05) is 6.07 Å². The molecule has 0 aliphatic carbocycles. The lowest BCUT2D eigenvalue weighted by Gasteiger charge is -2.07. The summed E-state index contributed by atoms with van der Waals surface area (Å²) in [6.07, 6.45) is -2.68. The summed E-state index contributed by atoms with van der Waals surface area (Å²) in [6, 6.07) is 2.30. The lowest BCUT2D eigenvalue weighted by atomic mass is 10.1. The first kappa shape index (κ1) is 11.1. The first-order chi connectivity index (χ1) is 6.45. The first-order valence-corrected chi connectivity index (χ1v) is 4.55. The maximum absolute atomic E-state index is 12.3. The second-order valence-corrected chi connectivity index (χ2v) is 3.51. The molecule has 0 atom stereocenters. The number of carbonyl (C=O) groups is 1. The maximum Gasteiger partial charge on any atom is 0.265 e. The minimum Gasteiger partial charge on any atom is -0.506 e. The molecule has 0 spiro atoms. The first-order valence-electron chi connectivity index (χ1n) is 3.75. The number of rotatable bonds is 2. The summed E-state index contributed by atoms with van der Waals surface area (Å²) in [5.74, 6) is -0.806. The van der Waals surface area contributed by atoms with Crippen LogP contribution in [0.1, 0.15) is 29.3 Å². The fourth-order valence-corrected chi connectivity index (χ4v) is 1.55. The van der Waals surface area contributed by atoms with Crippen molar-refractivity contribution in [3.05, 3.63) is 27.7 Å². The zero-order valence-corrected chi connectivity index (χ0v) is 8.81. The Bertz CT molecular complexity index is 377. The van der Waals surface area contributed by atoms with Crippen LogP contribution in [-0.4, -0.2) is 10.9 Å². The molecule has 0 aliphatic rings. The Morgan fingerprint density at radius 3 is 2.50 bits per heavy atom. The molecule has 1 rings (SSSR count). The van der Waals surface area contributed by atoms with Crippen molar-refractivity contribution in [2.45, 2.75) is 13.3 Å². The number of ketones is 1. The third-order valence-electron chi connectivity index (χ3n) is 1.76. The highest BCUT2D eigenvalue weighted by Gasteiger charge is 2.18. The Kier molecular flexibility index (Phi) is 3.21. The number of phenols is 1. The molecule has 0 bridgehead atoms. The van der Waals surface area contributed by atoms with E-state index in [1.165, 1.54) is 13.0 Å². The predicted octanol–water partition coefficient (Wildman–Crippen LogP) is 3.29. The van der Waals surface area contributed by atoms with Gasteiger partial charge >= 0.3 is 0 Å². The molecule has 14 heavy (non-hydrogen) atoms. The highest BCUT2D eigenvalue weighted by atomic mass is 79.9. The van der Waals surface area contributed by atoms with Crippen molar-refractivity contribution in [3.8, 4) is 5.75 Å². The van der Waals surface area contributed by atoms with Crippen molar-refractivity contribution < 1.29 is 18.7 Å². The number of hydrogen-bond acceptors (Lipinski definition) is 2. The third kappa shape index (κ3) is 1.92. The van der Waals surface area contributed by atoms with Crippen LogP contribution in [0.25, 0.3) is 0 Å². The number of carbonyl (C=O) groups excluding carboxylic acids is 1. The highest BCUT2D eigenvalue weighted by molar-refractivity contribution is 9.10. The molecular weight excluding hydrogens is 258 g/mol. The molecule has 0 saturated carbocycles. The molecular formula is C9H7BrF2O2. The van der Waals surface area contributed by atoms with Crippen LogP contribution in [0.3, 0.4) is 0 Å². The Hall–Kier alpha value is -0.970. The molecule has 0 saturated heterocycles. The molecule has 0 heterocycles. The zero-order chi connectivity index (χ0) is 10.9. The summed E-state index contributed by atoms with van der Waals surface area (Å²) in [7, 11) is 0. The van der Waals surface area contributed by atoms with Crippen LogP contribution in [-0.2, 0) is 0 Å². The molecule has 5 heteroatoms. The van der Waals surface area contributed by atoms with Gasteiger partial charge in [-0.25, -0.2) is 8.78 Å². The number of benzene rings is 1. The van der Waals surface area contributed by atoms with Crippen LogP contribution in [0.5, 0.6) is 5.75 Å². The van der Waals surface area contributed by atoms with Gasteiger partial charge in [-0.15, -0.1) is 0 Å². The van der Waals surface area contributed by atoms with Crippen molar-refractivity contribution in [2.75, 3.05) is 0 Å². The van der Waals surface area contributed by atoms with Gasteiger partial charge in [0.15, 0.2) is 5.78 Å². The summed E-state index contributed by atoms with van der Waals surface area (Å²) >= 11 is 2.82. The Morgan fingerprint density at radius 2 is 2.07 bits per heavy atom. The molecule has 76 valence electrons. The molecule has 0 aromatic heterocycles. The second kappa shape index (κ2) is 4.04. The number of alkyl halides is 2. The quantitative estimate of drug-likeness (QED) is 0.833. The minimum atomic E-state index is -2.68. The van der Waals surface area contributed by atoms with E-state index in [0.29, 0.717) is 0 Å². The van der Waals surface area contributed by atoms with Gasteiger partial charge in [0.05, 0.1) is 10.0 Å². The summed E-state index contributed by atoms with van der Waals surface area (Å²) in [4.78, 5) is 10.9. The van der Waals surface area contributed by atoms with Crippen molar-refractivity contribution in [1.29, 1.82) is 0 Å². The molecule has 1 aromatic carbocycles. The molecule has 1 N–H and O–H groups in total. The van der Waals surface area contributed by atoms with Crippen LogP contribution in [0, 0.1) is 0 Å². The topological polar surface area (TPSA) is 37.3 Å². The van der Waals surface area contributed by atoms with Gasteiger partial charge in [0.1, 0.15) is 5.75 Å². The minimum absolute atomic E-state index is 0.0290. The number of hydrogen-bond donors (Lipinski definition) is 1. The van der Waals surface area contributed by atoms with Crippen LogP contribution in [0.2, 0.25) is 0 Å². The highest BCUT2D eigenvalue weighted by Crippen LogP contribution is 2.36. The fourth-order valence-electron chi connectivity index (χ4n) is 1.03. The molecule has 2 nitrogen and oxygen atoms in total. The van der Waals surface area contributed by atoms with E-state index in [1.54, 1.807) is 0 Å². The van der Waals surface area contributed by atoms with E-state index in [-0.39, 0.29) is 21.4 Å². The number of aromatic hydroxyl groups is 1. The second-order valence-electron chi connectivity index (χ2n) is 2.72. The SMILES string of the molecule is CC(=O)c1ccc(C(F)F)c(Br)c1O. The van der Waals surface area contributed by atoms with E-state index in [1.807, 2.05) is 0 Å². The van der Waals surface area contributed by atoms with Gasteiger partial charge in [0.25, 0.3) is 6.43 Å². The maximum atomic E-state index is 12.3. The fraction of sp³-hybridized carbons (Fsp3) is 0.222. The van der Waals surface area contributed by atoms with E-state index in [4.69, 9.17) is 0 Å². The number of Topliss-reactive ketones (excluding diaryl/α,β-unsaturated/α-hetero) is 1. The molecule has 0 fully saturated rings. The van der Waals surface area contributed by atoms with Crippen molar-refractivity contribution in [2.24, 2.45) is 0 Å². The van der Waals surface area contributed by atoms with Gasteiger partial charge in [-0.05, 0) is 28.9 Å². The normalized spacial score (nSPS) is 10.6. The van der Waals surface area contributed by atoms with Crippen LogP contribution in [0.15, 0.2) is 16.6 Å². The Balaban J connectivity index is 3.33. The largest absolute Gasteiger partial charge is 0.506 e. The van der Waals surface area contributed by atoms with Gasteiger partial charge in [-0.3, -0.25) is 4.79 Å². The zero-order valence-electron chi connectivity index (χ0n) is 7.22. The van der Waals surface area contributed by atoms with Crippen molar-refractivity contribution in [3.63, 3.8) is 0 Å². The summed E-state index contributed by atoms with van der Waals surface area (Å²) in [5, 5.41) is 9.40. The van der Waals surface area contributed by atoms with Gasteiger partial charge in [0.2, 0.25) is 0 Å². The molecule has 0 aliphatic heterocycles. The van der Waals surface area contributed by atoms with Crippen LogP contribution < -0.4 is 0 Å². The molecule has 0 amide bonds. The lowest BCUT2D eigenvalue weighted by Crippen LogP contribution is -1.96. The average Bonchev–Trinajstić information content (AvgIpc) is 2.08. The molecule has 0 radical (unpaired) electrons. The Labute approximate surface area is 87.7 Å². The van der Waals surface area contributed by atoms with Crippen LogP contribution >= 0.6 is 15.9 Å². The van der Waals surface area contributed by atoms with E-state index in [2.05, 4.69) is 15.9 Å². The van der Waals surface area contributed by atoms with Crippen LogP contribution in [0.4, 0.5) is 8.78 Å². The van der Waals surface area contributed by atoms with E-state index >= 15 is 0 Å². The van der Waals surface area contributed by atoms with E-state index in [0.717, 1.165) is 6.07 Å². The third-order valence-corrected chi connectivity index (χ3v) is 2.59. The summed E-state index contributed by atoms with van der Waals surface area (Å²) < 4.78 is 24.5. The number of halogens is 3. The molecule has 0 unspecified atom stereocenters. The average molecular weight is 265 g/mol.